The van der Waals surface area contributed by atoms with Crippen molar-refractivity contribution in [2.24, 2.45) is 0 Å². The minimum absolute atomic E-state index is 0.0524. The standard InChI is InChI=1S/C9H18NO5P/c1-4-9(11)10-7-8-15-16(12,13-5-2)14-6-3/h4H,1,5-8H2,2-3H3,(H,10,11). The highest BCUT2D eigenvalue weighted by Gasteiger charge is 2.24. The van der Waals surface area contributed by atoms with Gasteiger partial charge in [0.15, 0.2) is 0 Å². The van der Waals surface area contributed by atoms with Gasteiger partial charge in [0, 0.05) is 6.54 Å². The second-order valence-corrected chi connectivity index (χ2v) is 4.28. The van der Waals surface area contributed by atoms with E-state index in [1.807, 2.05) is 0 Å². The summed E-state index contributed by atoms with van der Waals surface area (Å²) in [4.78, 5) is 10.8. The fourth-order valence-corrected chi connectivity index (χ4v) is 2.00. The Morgan fingerprint density at radius 3 is 2.31 bits per heavy atom. The fraction of sp³-hybridized carbons (Fsp3) is 0.667. The topological polar surface area (TPSA) is 73.9 Å². The van der Waals surface area contributed by atoms with Gasteiger partial charge >= 0.3 is 7.82 Å². The molecule has 0 heterocycles. The Morgan fingerprint density at radius 2 is 1.88 bits per heavy atom. The van der Waals surface area contributed by atoms with Crippen LogP contribution in [0, 0.1) is 0 Å². The molecule has 0 aromatic rings. The van der Waals surface area contributed by atoms with E-state index in [1.165, 1.54) is 0 Å². The van der Waals surface area contributed by atoms with E-state index >= 15 is 0 Å². The number of amides is 1. The number of hydrogen-bond acceptors (Lipinski definition) is 5. The van der Waals surface area contributed by atoms with Gasteiger partial charge in [0.1, 0.15) is 0 Å². The molecule has 0 fully saturated rings. The van der Waals surface area contributed by atoms with E-state index < -0.39 is 7.82 Å². The zero-order valence-corrected chi connectivity index (χ0v) is 10.5. The van der Waals surface area contributed by atoms with Crippen LogP contribution in [-0.4, -0.2) is 32.3 Å². The Bertz CT molecular complexity index is 259. The van der Waals surface area contributed by atoms with Crippen LogP contribution in [0.5, 0.6) is 0 Å². The van der Waals surface area contributed by atoms with Gasteiger partial charge in [-0.3, -0.25) is 18.4 Å². The molecule has 0 rings (SSSR count). The summed E-state index contributed by atoms with van der Waals surface area (Å²) in [5, 5.41) is 2.47. The molecule has 7 heteroatoms. The minimum atomic E-state index is -3.46. The molecular formula is C9H18NO5P. The first-order chi connectivity index (χ1) is 7.58. The second kappa shape index (κ2) is 8.47. The maximum Gasteiger partial charge on any atom is 0.474 e. The first kappa shape index (κ1) is 15.3. The third-order valence-corrected chi connectivity index (χ3v) is 3.06. The molecule has 0 unspecified atom stereocenters. The highest BCUT2D eigenvalue weighted by molar-refractivity contribution is 7.48. The van der Waals surface area contributed by atoms with Gasteiger partial charge in [-0.1, -0.05) is 6.58 Å². The van der Waals surface area contributed by atoms with Crippen LogP contribution in [0.15, 0.2) is 12.7 Å². The van der Waals surface area contributed by atoms with Crippen molar-refractivity contribution >= 4 is 13.7 Å². The largest absolute Gasteiger partial charge is 0.474 e. The first-order valence-electron chi connectivity index (χ1n) is 5.02. The molecule has 0 aliphatic heterocycles. The minimum Gasteiger partial charge on any atom is -0.350 e. The molecule has 0 aliphatic carbocycles. The lowest BCUT2D eigenvalue weighted by atomic mass is 10.5. The zero-order chi connectivity index (χ0) is 12.4. The van der Waals surface area contributed by atoms with Gasteiger partial charge in [-0.05, 0) is 19.9 Å². The number of carbonyl (C=O) groups excluding carboxylic acids is 1. The van der Waals surface area contributed by atoms with Gasteiger partial charge in [0.05, 0.1) is 19.8 Å². The number of phosphoric ester groups is 1. The molecule has 0 aromatic heterocycles. The second-order valence-electron chi connectivity index (χ2n) is 2.61. The maximum atomic E-state index is 11.7. The lowest BCUT2D eigenvalue weighted by Gasteiger charge is -2.16. The number of carbonyl (C=O) groups is 1. The molecule has 1 N–H and O–H groups in total. The molecule has 0 saturated carbocycles. The predicted molar refractivity (Wildman–Crippen MR) is 60.0 cm³/mol. The van der Waals surface area contributed by atoms with Crippen LogP contribution < -0.4 is 5.32 Å². The van der Waals surface area contributed by atoms with E-state index in [-0.39, 0.29) is 32.3 Å². The quantitative estimate of drug-likeness (QED) is 0.382. The van der Waals surface area contributed by atoms with Crippen LogP contribution in [0.2, 0.25) is 0 Å². The third-order valence-electron chi connectivity index (χ3n) is 1.41. The Hall–Kier alpha value is -0.680. The lowest BCUT2D eigenvalue weighted by Crippen LogP contribution is -2.25. The zero-order valence-electron chi connectivity index (χ0n) is 9.60. The van der Waals surface area contributed by atoms with Gasteiger partial charge < -0.3 is 5.32 Å². The summed E-state index contributed by atoms with van der Waals surface area (Å²) in [6.07, 6.45) is 1.14. The molecule has 0 bridgehead atoms. The Morgan fingerprint density at radius 1 is 1.31 bits per heavy atom. The van der Waals surface area contributed by atoms with E-state index in [9.17, 15) is 9.36 Å². The molecule has 94 valence electrons. The molecule has 1 amide bonds. The summed E-state index contributed by atoms with van der Waals surface area (Å²) in [6, 6.07) is 0. The van der Waals surface area contributed by atoms with Crippen LogP contribution in [0.3, 0.4) is 0 Å². The molecule has 0 aromatic carbocycles. The van der Waals surface area contributed by atoms with E-state index in [0.29, 0.717) is 0 Å². The summed E-state index contributed by atoms with van der Waals surface area (Å²) in [7, 11) is -3.46. The van der Waals surface area contributed by atoms with E-state index in [0.717, 1.165) is 6.08 Å². The summed E-state index contributed by atoms with van der Waals surface area (Å²) >= 11 is 0. The average molecular weight is 251 g/mol. The van der Waals surface area contributed by atoms with Crippen molar-refractivity contribution in [1.82, 2.24) is 5.32 Å². The van der Waals surface area contributed by atoms with Gasteiger partial charge in [-0.25, -0.2) is 4.57 Å². The van der Waals surface area contributed by atoms with Crippen molar-refractivity contribution in [2.45, 2.75) is 13.8 Å². The van der Waals surface area contributed by atoms with Crippen molar-refractivity contribution in [3.05, 3.63) is 12.7 Å². The average Bonchev–Trinajstić information content (AvgIpc) is 2.25. The highest BCUT2D eigenvalue weighted by Crippen LogP contribution is 2.48. The molecule has 6 nitrogen and oxygen atoms in total. The Balaban J connectivity index is 3.89. The van der Waals surface area contributed by atoms with Crippen molar-refractivity contribution < 1.29 is 22.9 Å². The van der Waals surface area contributed by atoms with E-state index in [2.05, 4.69) is 11.9 Å². The van der Waals surface area contributed by atoms with Crippen LogP contribution in [0.4, 0.5) is 0 Å². The Labute approximate surface area is 95.6 Å². The molecule has 16 heavy (non-hydrogen) atoms. The van der Waals surface area contributed by atoms with Crippen molar-refractivity contribution in [2.75, 3.05) is 26.4 Å². The normalized spacial score (nSPS) is 11.1. The molecule has 0 spiro atoms. The predicted octanol–water partition coefficient (Wildman–Crippen LogP) is 1.49. The lowest BCUT2D eigenvalue weighted by molar-refractivity contribution is -0.116. The smallest absolute Gasteiger partial charge is 0.350 e. The molecule has 0 saturated heterocycles. The molecule has 0 aliphatic rings. The summed E-state index contributed by atoms with van der Waals surface area (Å²) < 4.78 is 26.5. The van der Waals surface area contributed by atoms with Crippen LogP contribution in [-0.2, 0) is 22.9 Å². The van der Waals surface area contributed by atoms with E-state index in [1.54, 1.807) is 13.8 Å². The van der Waals surface area contributed by atoms with Crippen molar-refractivity contribution in [3.8, 4) is 0 Å². The number of phosphoric acid groups is 1. The number of rotatable bonds is 9. The van der Waals surface area contributed by atoms with Crippen LogP contribution in [0.1, 0.15) is 13.8 Å². The highest BCUT2D eigenvalue weighted by atomic mass is 31.2. The van der Waals surface area contributed by atoms with Crippen molar-refractivity contribution in [3.63, 3.8) is 0 Å². The molecular weight excluding hydrogens is 233 g/mol. The first-order valence-corrected chi connectivity index (χ1v) is 6.48. The summed E-state index contributed by atoms with van der Waals surface area (Å²) in [5.74, 6) is -0.314. The number of hydrogen-bond donors (Lipinski definition) is 1. The van der Waals surface area contributed by atoms with Crippen molar-refractivity contribution in [1.29, 1.82) is 0 Å². The number of nitrogens with one attached hydrogen (secondary N) is 1. The van der Waals surface area contributed by atoms with Gasteiger partial charge in [-0.2, -0.15) is 0 Å². The van der Waals surface area contributed by atoms with Gasteiger partial charge in [0.2, 0.25) is 5.91 Å². The van der Waals surface area contributed by atoms with E-state index in [4.69, 9.17) is 13.6 Å². The Kier molecular flexibility index (Phi) is 8.11. The monoisotopic (exact) mass is 251 g/mol. The molecule has 0 atom stereocenters. The maximum absolute atomic E-state index is 11.7. The summed E-state index contributed by atoms with van der Waals surface area (Å²) in [5.41, 5.74) is 0. The summed E-state index contributed by atoms with van der Waals surface area (Å²) in [6.45, 7) is 7.40. The van der Waals surface area contributed by atoms with Gasteiger partial charge in [0.25, 0.3) is 0 Å². The van der Waals surface area contributed by atoms with Crippen LogP contribution in [0.25, 0.3) is 0 Å². The SMILES string of the molecule is C=CC(=O)NCCOP(=O)(OCC)OCC. The molecule has 0 radical (unpaired) electrons. The fourth-order valence-electron chi connectivity index (χ4n) is 0.832. The van der Waals surface area contributed by atoms with Gasteiger partial charge in [-0.15, -0.1) is 0 Å². The third kappa shape index (κ3) is 6.74. The van der Waals surface area contributed by atoms with Crippen LogP contribution >= 0.6 is 7.82 Å².